The zero-order chi connectivity index (χ0) is 13.1. The highest BCUT2D eigenvalue weighted by atomic mass is 35.5. The summed E-state index contributed by atoms with van der Waals surface area (Å²) in [6.07, 6.45) is 2.57. The zero-order valence-corrected chi connectivity index (χ0v) is 10.7. The topological polar surface area (TPSA) is 60.8 Å². The minimum absolute atomic E-state index is 0.122. The van der Waals surface area contributed by atoms with Gasteiger partial charge in [-0.2, -0.15) is 0 Å². The molecule has 1 aromatic carbocycles. The highest BCUT2D eigenvalue weighted by Crippen LogP contribution is 2.29. The first-order valence-electron chi connectivity index (χ1n) is 6.03. The summed E-state index contributed by atoms with van der Waals surface area (Å²) >= 11 is 6.04. The second-order valence-corrected chi connectivity index (χ2v) is 4.97. The second kappa shape index (κ2) is 5.59. The summed E-state index contributed by atoms with van der Waals surface area (Å²) in [5.41, 5.74) is 0.604. The molecule has 1 aromatic rings. The Morgan fingerprint density at radius 2 is 2.22 bits per heavy atom. The van der Waals surface area contributed by atoms with Gasteiger partial charge in [-0.15, -0.1) is 0 Å². The molecule has 1 unspecified atom stereocenters. The Hall–Kier alpha value is -1.26. The van der Waals surface area contributed by atoms with Crippen molar-refractivity contribution in [2.45, 2.75) is 31.8 Å². The summed E-state index contributed by atoms with van der Waals surface area (Å²) in [6.45, 7) is 1.10. The molecule has 0 aliphatic carbocycles. The van der Waals surface area contributed by atoms with E-state index in [0.717, 1.165) is 19.4 Å². The van der Waals surface area contributed by atoms with Crippen LogP contribution in [0.1, 0.15) is 24.8 Å². The number of likely N-dealkylation sites (tertiary alicyclic amines) is 1. The molecule has 0 spiro atoms. The van der Waals surface area contributed by atoms with E-state index >= 15 is 0 Å². The van der Waals surface area contributed by atoms with Gasteiger partial charge in [-0.25, -0.2) is 0 Å². The fourth-order valence-electron chi connectivity index (χ4n) is 2.37. The molecule has 0 radical (unpaired) electrons. The van der Waals surface area contributed by atoms with Gasteiger partial charge in [-0.05, 0) is 31.5 Å². The molecule has 18 heavy (non-hydrogen) atoms. The Balaban J connectivity index is 2.18. The first-order chi connectivity index (χ1) is 8.59. The third-order valence-corrected chi connectivity index (χ3v) is 3.71. The third-order valence-electron chi connectivity index (χ3n) is 3.35. The number of carboxylic acids is 1. The maximum atomic E-state index is 11.2. The molecule has 0 bridgehead atoms. The van der Waals surface area contributed by atoms with Gasteiger partial charge in [-0.3, -0.25) is 9.69 Å². The smallest absolute Gasteiger partial charge is 0.320 e. The highest BCUT2D eigenvalue weighted by Gasteiger charge is 2.29. The van der Waals surface area contributed by atoms with Crippen LogP contribution in [0, 0.1) is 0 Å². The van der Waals surface area contributed by atoms with E-state index in [1.54, 1.807) is 18.2 Å². The number of phenolic OH excluding ortho intramolecular Hbond substituents is 1. The van der Waals surface area contributed by atoms with E-state index in [0.29, 0.717) is 23.6 Å². The Morgan fingerprint density at radius 3 is 2.89 bits per heavy atom. The average Bonchev–Trinajstić information content (AvgIpc) is 2.34. The highest BCUT2D eigenvalue weighted by molar-refractivity contribution is 6.31. The molecule has 4 nitrogen and oxygen atoms in total. The number of halogens is 1. The number of carbonyl (C=O) groups is 1. The van der Waals surface area contributed by atoms with Gasteiger partial charge < -0.3 is 10.2 Å². The lowest BCUT2D eigenvalue weighted by Gasteiger charge is -2.33. The summed E-state index contributed by atoms with van der Waals surface area (Å²) in [4.78, 5) is 13.1. The summed E-state index contributed by atoms with van der Waals surface area (Å²) in [7, 11) is 0. The second-order valence-electron chi connectivity index (χ2n) is 4.56. The van der Waals surface area contributed by atoms with Crippen molar-refractivity contribution in [1.29, 1.82) is 0 Å². The van der Waals surface area contributed by atoms with Gasteiger partial charge in [0.2, 0.25) is 0 Å². The van der Waals surface area contributed by atoms with Gasteiger partial charge in [-0.1, -0.05) is 24.1 Å². The number of piperidine rings is 1. The van der Waals surface area contributed by atoms with Crippen molar-refractivity contribution >= 4 is 17.6 Å². The van der Waals surface area contributed by atoms with Crippen LogP contribution in [0.3, 0.4) is 0 Å². The Bertz CT molecular complexity index is 430. The molecule has 1 atom stereocenters. The number of rotatable bonds is 3. The van der Waals surface area contributed by atoms with Gasteiger partial charge in [0.05, 0.1) is 0 Å². The fourth-order valence-corrected chi connectivity index (χ4v) is 2.60. The lowest BCUT2D eigenvalue weighted by atomic mass is 10.0. The maximum Gasteiger partial charge on any atom is 0.320 e. The lowest BCUT2D eigenvalue weighted by molar-refractivity contribution is -0.144. The number of nitrogens with zero attached hydrogens (tertiary/aromatic N) is 1. The lowest BCUT2D eigenvalue weighted by Crippen LogP contribution is -2.44. The molecule has 0 amide bonds. The fraction of sp³-hybridized carbons (Fsp3) is 0.462. The van der Waals surface area contributed by atoms with Crippen molar-refractivity contribution in [1.82, 2.24) is 4.90 Å². The van der Waals surface area contributed by atoms with Crippen molar-refractivity contribution in [3.05, 3.63) is 28.8 Å². The number of hydrogen-bond acceptors (Lipinski definition) is 3. The minimum Gasteiger partial charge on any atom is -0.508 e. The molecule has 1 aliphatic rings. The van der Waals surface area contributed by atoms with Gasteiger partial charge in [0, 0.05) is 17.1 Å². The molecule has 5 heteroatoms. The van der Waals surface area contributed by atoms with E-state index in [4.69, 9.17) is 11.6 Å². The van der Waals surface area contributed by atoms with E-state index in [2.05, 4.69) is 0 Å². The van der Waals surface area contributed by atoms with Crippen molar-refractivity contribution in [2.75, 3.05) is 6.54 Å². The standard InChI is InChI=1S/C13H16ClNO3/c14-10-4-3-6-12(16)9(10)8-15-7-2-1-5-11(15)13(17)18/h3-4,6,11,16H,1-2,5,7-8H2,(H,17,18). The number of aromatic hydroxyl groups is 1. The summed E-state index contributed by atoms with van der Waals surface area (Å²) < 4.78 is 0. The van der Waals surface area contributed by atoms with Gasteiger partial charge in [0.1, 0.15) is 11.8 Å². The minimum atomic E-state index is -0.804. The molecule has 1 fully saturated rings. The first-order valence-corrected chi connectivity index (χ1v) is 6.40. The van der Waals surface area contributed by atoms with Gasteiger partial charge >= 0.3 is 5.97 Å². The summed E-state index contributed by atoms with van der Waals surface area (Å²) in [5, 5.41) is 19.5. The van der Waals surface area contributed by atoms with Crippen molar-refractivity contribution in [2.24, 2.45) is 0 Å². The largest absolute Gasteiger partial charge is 0.508 e. The van der Waals surface area contributed by atoms with Crippen LogP contribution in [0.15, 0.2) is 18.2 Å². The number of benzene rings is 1. The third kappa shape index (κ3) is 2.76. The SMILES string of the molecule is O=C(O)C1CCCCN1Cc1c(O)cccc1Cl. The molecule has 2 rings (SSSR count). The number of carboxylic acid groups (broad SMARTS) is 1. The van der Waals surface area contributed by atoms with Crippen LogP contribution in [0.5, 0.6) is 5.75 Å². The van der Waals surface area contributed by atoms with Gasteiger partial charge in [0.15, 0.2) is 0 Å². The molecule has 1 saturated heterocycles. The van der Waals surface area contributed by atoms with Crippen LogP contribution in [0.25, 0.3) is 0 Å². The zero-order valence-electron chi connectivity index (χ0n) is 9.97. The van der Waals surface area contributed by atoms with Crippen LogP contribution in [0.2, 0.25) is 5.02 Å². The van der Waals surface area contributed by atoms with Crippen LogP contribution in [0.4, 0.5) is 0 Å². The monoisotopic (exact) mass is 269 g/mol. The maximum absolute atomic E-state index is 11.2. The molecule has 2 N–H and O–H groups in total. The Labute approximate surface area is 111 Å². The predicted octanol–water partition coefficient (Wildman–Crippen LogP) is 2.48. The number of phenols is 1. The van der Waals surface area contributed by atoms with Gasteiger partial charge in [0.25, 0.3) is 0 Å². The van der Waals surface area contributed by atoms with Crippen molar-refractivity contribution < 1.29 is 15.0 Å². The van der Waals surface area contributed by atoms with Crippen LogP contribution in [-0.2, 0) is 11.3 Å². The van der Waals surface area contributed by atoms with E-state index in [1.165, 1.54) is 0 Å². The molecule has 0 saturated carbocycles. The predicted molar refractivity (Wildman–Crippen MR) is 68.8 cm³/mol. The van der Waals surface area contributed by atoms with E-state index in [9.17, 15) is 15.0 Å². The van der Waals surface area contributed by atoms with E-state index < -0.39 is 12.0 Å². The Morgan fingerprint density at radius 1 is 1.44 bits per heavy atom. The van der Waals surface area contributed by atoms with Crippen molar-refractivity contribution in [3.63, 3.8) is 0 Å². The molecule has 0 aromatic heterocycles. The molecule has 1 heterocycles. The van der Waals surface area contributed by atoms with E-state index in [1.807, 2.05) is 4.90 Å². The summed E-state index contributed by atoms with van der Waals surface area (Å²) in [6, 6.07) is 4.47. The number of aliphatic carboxylic acids is 1. The molecular formula is C13H16ClNO3. The quantitative estimate of drug-likeness (QED) is 0.885. The first kappa shape index (κ1) is 13.2. The molecular weight excluding hydrogens is 254 g/mol. The Kier molecular flexibility index (Phi) is 4.09. The van der Waals surface area contributed by atoms with Crippen LogP contribution in [-0.4, -0.2) is 33.7 Å². The van der Waals surface area contributed by atoms with Crippen LogP contribution < -0.4 is 0 Å². The normalized spacial score (nSPS) is 20.8. The molecule has 1 aliphatic heterocycles. The average molecular weight is 270 g/mol. The van der Waals surface area contributed by atoms with E-state index in [-0.39, 0.29) is 5.75 Å². The molecule has 98 valence electrons. The van der Waals surface area contributed by atoms with Crippen molar-refractivity contribution in [3.8, 4) is 5.75 Å². The van der Waals surface area contributed by atoms with Crippen LogP contribution >= 0.6 is 11.6 Å². The number of hydrogen-bond donors (Lipinski definition) is 2. The summed E-state index contributed by atoms with van der Waals surface area (Å²) in [5.74, 6) is -0.682.